The molecule has 0 spiro atoms. The first-order valence-electron chi connectivity index (χ1n) is 6.93. The van der Waals surface area contributed by atoms with E-state index in [-0.39, 0.29) is 0 Å². The highest BCUT2D eigenvalue weighted by atomic mass is 16.5. The molecule has 5 heteroatoms. The number of rotatable bonds is 5. The molecule has 2 aromatic heterocycles. The van der Waals surface area contributed by atoms with Crippen LogP contribution in [0.15, 0.2) is 51.6 Å². The largest absolute Gasteiger partial charge is 0.461 e. The zero-order valence-corrected chi connectivity index (χ0v) is 12.0. The van der Waals surface area contributed by atoms with Crippen LogP contribution in [0.5, 0.6) is 0 Å². The van der Waals surface area contributed by atoms with Crippen LogP contribution in [0.1, 0.15) is 31.2 Å². The van der Waals surface area contributed by atoms with E-state index in [9.17, 15) is 0 Å². The molecule has 3 aromatic rings. The van der Waals surface area contributed by atoms with Gasteiger partial charge in [-0.05, 0) is 29.7 Å². The van der Waals surface area contributed by atoms with Gasteiger partial charge in [0.05, 0.1) is 12.8 Å². The van der Waals surface area contributed by atoms with E-state index in [1.54, 1.807) is 18.4 Å². The Morgan fingerprint density at radius 2 is 2.00 bits per heavy atom. The lowest BCUT2D eigenvalue weighted by molar-refractivity contribution is 0.382. The van der Waals surface area contributed by atoms with Crippen LogP contribution in [0.3, 0.4) is 0 Å². The summed E-state index contributed by atoms with van der Waals surface area (Å²) in [5, 5.41) is 7.25. The van der Waals surface area contributed by atoms with Crippen molar-refractivity contribution < 1.29 is 8.94 Å². The highest BCUT2D eigenvalue weighted by Crippen LogP contribution is 2.24. The second-order valence-corrected chi connectivity index (χ2v) is 5.08. The summed E-state index contributed by atoms with van der Waals surface area (Å²) in [4.78, 5) is 4.31. The minimum atomic E-state index is 0.454. The molecule has 0 aliphatic rings. The molecule has 0 radical (unpaired) electrons. The third-order valence-corrected chi connectivity index (χ3v) is 3.22. The van der Waals surface area contributed by atoms with Gasteiger partial charge in [0.1, 0.15) is 0 Å². The number of para-hydroxylation sites is 1. The van der Waals surface area contributed by atoms with Crippen LogP contribution in [0.4, 0.5) is 5.69 Å². The molecule has 3 rings (SSSR count). The SMILES string of the molecule is CC(C)c1ccccc1NCc1nc(-c2ccco2)no1. The Balaban J connectivity index is 1.71. The number of hydrogen-bond acceptors (Lipinski definition) is 5. The Kier molecular flexibility index (Phi) is 3.73. The average molecular weight is 283 g/mol. The van der Waals surface area contributed by atoms with Crippen LogP contribution in [0, 0.1) is 0 Å². The molecule has 1 aromatic carbocycles. The standard InChI is InChI=1S/C16H17N3O2/c1-11(2)12-6-3-4-7-13(12)17-10-15-18-16(19-21-15)14-8-5-9-20-14/h3-9,11,17H,10H2,1-2H3. The van der Waals surface area contributed by atoms with E-state index in [0.717, 1.165) is 5.69 Å². The van der Waals surface area contributed by atoms with Crippen molar-refractivity contribution in [2.75, 3.05) is 5.32 Å². The first-order chi connectivity index (χ1) is 10.2. The van der Waals surface area contributed by atoms with Gasteiger partial charge in [0, 0.05) is 5.69 Å². The number of nitrogens with one attached hydrogen (secondary N) is 1. The lowest BCUT2D eigenvalue weighted by Gasteiger charge is -2.13. The normalized spacial score (nSPS) is 11.0. The predicted octanol–water partition coefficient (Wildman–Crippen LogP) is 4.07. The summed E-state index contributed by atoms with van der Waals surface area (Å²) in [5.74, 6) is 2.05. The summed E-state index contributed by atoms with van der Waals surface area (Å²) in [7, 11) is 0. The van der Waals surface area contributed by atoms with Gasteiger partial charge in [-0.3, -0.25) is 0 Å². The molecule has 0 fully saturated rings. The van der Waals surface area contributed by atoms with Gasteiger partial charge in [-0.15, -0.1) is 0 Å². The molecule has 5 nitrogen and oxygen atoms in total. The van der Waals surface area contributed by atoms with Crippen molar-refractivity contribution in [2.24, 2.45) is 0 Å². The maximum Gasteiger partial charge on any atom is 0.246 e. The van der Waals surface area contributed by atoms with E-state index in [0.29, 0.717) is 29.9 Å². The van der Waals surface area contributed by atoms with Gasteiger partial charge in [0.2, 0.25) is 11.7 Å². The van der Waals surface area contributed by atoms with Crippen molar-refractivity contribution in [1.29, 1.82) is 0 Å². The fraction of sp³-hybridized carbons (Fsp3) is 0.250. The molecule has 0 saturated heterocycles. The van der Waals surface area contributed by atoms with Crippen molar-refractivity contribution in [2.45, 2.75) is 26.3 Å². The van der Waals surface area contributed by atoms with Gasteiger partial charge in [-0.2, -0.15) is 4.98 Å². The minimum absolute atomic E-state index is 0.454. The summed E-state index contributed by atoms with van der Waals surface area (Å²) in [6.07, 6.45) is 1.59. The molecule has 2 heterocycles. The van der Waals surface area contributed by atoms with E-state index >= 15 is 0 Å². The summed E-state index contributed by atoms with van der Waals surface area (Å²) < 4.78 is 10.5. The molecule has 1 N–H and O–H groups in total. The van der Waals surface area contributed by atoms with E-state index in [2.05, 4.69) is 41.4 Å². The van der Waals surface area contributed by atoms with Crippen LogP contribution in [-0.4, -0.2) is 10.1 Å². The maximum absolute atomic E-state index is 5.24. The Labute approximate surface area is 123 Å². The van der Waals surface area contributed by atoms with Gasteiger partial charge in [0.15, 0.2) is 5.76 Å². The Morgan fingerprint density at radius 3 is 2.76 bits per heavy atom. The van der Waals surface area contributed by atoms with Crippen LogP contribution in [0.25, 0.3) is 11.6 Å². The predicted molar refractivity (Wildman–Crippen MR) is 79.9 cm³/mol. The van der Waals surface area contributed by atoms with Crippen molar-refractivity contribution in [3.8, 4) is 11.6 Å². The number of hydrogen-bond donors (Lipinski definition) is 1. The van der Waals surface area contributed by atoms with Crippen LogP contribution >= 0.6 is 0 Å². The van der Waals surface area contributed by atoms with E-state index in [1.807, 2.05) is 12.1 Å². The Hall–Kier alpha value is -2.56. The third kappa shape index (κ3) is 2.97. The average Bonchev–Trinajstić information content (AvgIpc) is 3.16. The topological polar surface area (TPSA) is 64.1 Å². The van der Waals surface area contributed by atoms with Gasteiger partial charge >= 0.3 is 0 Å². The third-order valence-electron chi connectivity index (χ3n) is 3.22. The minimum Gasteiger partial charge on any atom is -0.461 e. The number of furan rings is 1. The van der Waals surface area contributed by atoms with E-state index in [4.69, 9.17) is 8.94 Å². The molecular formula is C16H17N3O2. The molecule has 0 atom stereocenters. The molecule has 0 saturated carbocycles. The highest BCUT2D eigenvalue weighted by molar-refractivity contribution is 5.52. The molecule has 0 amide bonds. The quantitative estimate of drug-likeness (QED) is 0.764. The number of anilines is 1. The monoisotopic (exact) mass is 283 g/mol. The van der Waals surface area contributed by atoms with Crippen LogP contribution < -0.4 is 5.32 Å². The fourth-order valence-corrected chi connectivity index (χ4v) is 2.16. The van der Waals surface area contributed by atoms with Gasteiger partial charge in [0.25, 0.3) is 0 Å². The van der Waals surface area contributed by atoms with Crippen LogP contribution in [-0.2, 0) is 6.54 Å². The van der Waals surface area contributed by atoms with Gasteiger partial charge in [-0.1, -0.05) is 37.2 Å². The van der Waals surface area contributed by atoms with E-state index < -0.39 is 0 Å². The molecule has 0 aliphatic carbocycles. The van der Waals surface area contributed by atoms with Gasteiger partial charge in [-0.25, -0.2) is 0 Å². The smallest absolute Gasteiger partial charge is 0.246 e. The molecule has 108 valence electrons. The first kappa shape index (κ1) is 13.4. The number of nitrogens with zero attached hydrogens (tertiary/aromatic N) is 2. The summed E-state index contributed by atoms with van der Waals surface area (Å²) in [5.41, 5.74) is 2.36. The first-order valence-corrected chi connectivity index (χ1v) is 6.93. The summed E-state index contributed by atoms with van der Waals surface area (Å²) in [6.45, 7) is 4.82. The lowest BCUT2D eigenvalue weighted by Crippen LogP contribution is -2.03. The number of aromatic nitrogens is 2. The fourth-order valence-electron chi connectivity index (χ4n) is 2.16. The molecule has 21 heavy (non-hydrogen) atoms. The molecule has 0 unspecified atom stereocenters. The Morgan fingerprint density at radius 1 is 1.14 bits per heavy atom. The van der Waals surface area contributed by atoms with Gasteiger partial charge < -0.3 is 14.3 Å². The van der Waals surface area contributed by atoms with Crippen molar-refractivity contribution >= 4 is 5.69 Å². The maximum atomic E-state index is 5.24. The van der Waals surface area contributed by atoms with Crippen molar-refractivity contribution in [1.82, 2.24) is 10.1 Å². The number of benzene rings is 1. The molecule has 0 bridgehead atoms. The summed E-state index contributed by atoms with van der Waals surface area (Å²) in [6, 6.07) is 11.8. The Bertz CT molecular complexity index is 702. The van der Waals surface area contributed by atoms with Crippen molar-refractivity contribution in [3.05, 3.63) is 54.1 Å². The lowest BCUT2D eigenvalue weighted by atomic mass is 10.0. The van der Waals surface area contributed by atoms with Crippen LogP contribution in [0.2, 0.25) is 0 Å². The molecule has 0 aliphatic heterocycles. The second-order valence-electron chi connectivity index (χ2n) is 5.08. The second kappa shape index (κ2) is 5.83. The zero-order chi connectivity index (χ0) is 14.7. The highest BCUT2D eigenvalue weighted by Gasteiger charge is 2.11. The van der Waals surface area contributed by atoms with E-state index in [1.165, 1.54) is 5.56 Å². The van der Waals surface area contributed by atoms with Crippen molar-refractivity contribution in [3.63, 3.8) is 0 Å². The zero-order valence-electron chi connectivity index (χ0n) is 12.0. The molecular weight excluding hydrogens is 266 g/mol. The summed E-state index contributed by atoms with van der Waals surface area (Å²) >= 11 is 0.